The summed E-state index contributed by atoms with van der Waals surface area (Å²) in [6, 6.07) is 12.3. The number of hydrogen-bond donors (Lipinski definition) is 1. The first-order valence-electron chi connectivity index (χ1n) is 6.51. The van der Waals surface area contributed by atoms with Crippen LogP contribution in [0.15, 0.2) is 52.1 Å². The number of hydrogen-bond acceptors (Lipinski definition) is 3. The maximum Gasteiger partial charge on any atom is 0.333 e. The smallest absolute Gasteiger partial charge is 0.333 e. The maximum absolute atomic E-state index is 12.7. The Morgan fingerprint density at radius 1 is 1.05 bits per heavy atom. The zero-order chi connectivity index (χ0) is 15.0. The second kappa shape index (κ2) is 4.94. The lowest BCUT2D eigenvalue weighted by Crippen LogP contribution is -2.33. The summed E-state index contributed by atoms with van der Waals surface area (Å²) in [5, 5.41) is 0.361. The lowest BCUT2D eigenvalue weighted by Gasteiger charge is -2.09. The van der Waals surface area contributed by atoms with Gasteiger partial charge < -0.3 is 9.72 Å². The highest BCUT2D eigenvalue weighted by Crippen LogP contribution is 2.19. The first-order chi connectivity index (χ1) is 10.1. The van der Waals surface area contributed by atoms with Gasteiger partial charge in [-0.05, 0) is 31.2 Å². The quantitative estimate of drug-likeness (QED) is 0.782. The van der Waals surface area contributed by atoms with Gasteiger partial charge in [-0.15, -0.1) is 0 Å². The number of nitrogens with zero attached hydrogens (tertiary/aromatic N) is 1. The molecule has 0 bridgehead atoms. The number of aryl methyl sites for hydroxylation is 1. The summed E-state index contributed by atoms with van der Waals surface area (Å²) in [4.78, 5) is 27.6. The molecule has 1 N–H and O–H groups in total. The summed E-state index contributed by atoms with van der Waals surface area (Å²) >= 11 is 0. The molecule has 106 valence electrons. The first-order valence-corrected chi connectivity index (χ1v) is 6.51. The van der Waals surface area contributed by atoms with Gasteiger partial charge in [0.2, 0.25) is 0 Å². The molecule has 0 radical (unpaired) electrons. The molecule has 0 aliphatic heterocycles. The van der Waals surface area contributed by atoms with Crippen LogP contribution in [0, 0.1) is 6.92 Å². The van der Waals surface area contributed by atoms with Crippen molar-refractivity contribution in [2.45, 2.75) is 6.92 Å². The summed E-state index contributed by atoms with van der Waals surface area (Å²) in [5.74, 6) is 0.439. The van der Waals surface area contributed by atoms with Crippen molar-refractivity contribution >= 4 is 10.9 Å². The van der Waals surface area contributed by atoms with E-state index in [2.05, 4.69) is 4.98 Å². The number of methoxy groups -OCH3 is 1. The molecule has 3 rings (SSSR count). The van der Waals surface area contributed by atoms with E-state index in [0.29, 0.717) is 22.3 Å². The van der Waals surface area contributed by atoms with Gasteiger partial charge in [-0.25, -0.2) is 9.36 Å². The van der Waals surface area contributed by atoms with E-state index < -0.39 is 11.2 Å². The number of aromatic amines is 1. The summed E-state index contributed by atoms with van der Waals surface area (Å²) in [7, 11) is 1.50. The fourth-order valence-electron chi connectivity index (χ4n) is 2.33. The molecule has 0 aliphatic rings. The van der Waals surface area contributed by atoms with Crippen molar-refractivity contribution in [2.75, 3.05) is 7.11 Å². The topological polar surface area (TPSA) is 64.1 Å². The number of nitrogens with one attached hydrogen (secondary N) is 1. The number of rotatable bonds is 2. The van der Waals surface area contributed by atoms with E-state index >= 15 is 0 Å². The Balaban J connectivity index is 2.41. The van der Waals surface area contributed by atoms with E-state index in [4.69, 9.17) is 4.74 Å². The Hall–Kier alpha value is -2.82. The van der Waals surface area contributed by atoms with Crippen molar-refractivity contribution in [3.8, 4) is 11.4 Å². The molecule has 0 spiro atoms. The molecule has 2 aromatic carbocycles. The van der Waals surface area contributed by atoms with Crippen molar-refractivity contribution in [1.29, 1.82) is 0 Å². The van der Waals surface area contributed by atoms with Gasteiger partial charge in [0, 0.05) is 0 Å². The number of fused-ring (bicyclic) bond motifs is 1. The molecule has 0 atom stereocenters. The zero-order valence-electron chi connectivity index (χ0n) is 11.7. The van der Waals surface area contributed by atoms with Gasteiger partial charge in [0.15, 0.2) is 0 Å². The van der Waals surface area contributed by atoms with Gasteiger partial charge in [-0.1, -0.05) is 23.8 Å². The van der Waals surface area contributed by atoms with E-state index in [9.17, 15) is 9.59 Å². The lowest BCUT2D eigenvalue weighted by molar-refractivity contribution is 0.419. The van der Waals surface area contributed by atoms with Crippen molar-refractivity contribution < 1.29 is 4.74 Å². The molecule has 1 aromatic heterocycles. The minimum absolute atomic E-state index is 0.361. The van der Waals surface area contributed by atoms with Gasteiger partial charge >= 0.3 is 5.69 Å². The standard InChI is InChI=1S/C16H14N2O3/c1-10-6-8-11(9-7-10)18-15(19)14-12(17-16(18)20)4-3-5-13(14)21-2/h3-9H,1-2H3,(H,17,20). The van der Waals surface area contributed by atoms with Crippen LogP contribution in [0.3, 0.4) is 0 Å². The van der Waals surface area contributed by atoms with E-state index in [-0.39, 0.29) is 0 Å². The summed E-state index contributed by atoms with van der Waals surface area (Å²) in [6.45, 7) is 1.94. The zero-order valence-corrected chi connectivity index (χ0v) is 11.7. The fraction of sp³-hybridized carbons (Fsp3) is 0.125. The van der Waals surface area contributed by atoms with E-state index in [0.717, 1.165) is 10.1 Å². The molecule has 0 aliphatic carbocycles. The molecule has 0 unspecified atom stereocenters. The summed E-state index contributed by atoms with van der Waals surface area (Å²) in [6.07, 6.45) is 0. The molecule has 21 heavy (non-hydrogen) atoms. The molecule has 5 nitrogen and oxygen atoms in total. The van der Waals surface area contributed by atoms with Crippen molar-refractivity contribution in [3.63, 3.8) is 0 Å². The maximum atomic E-state index is 12.7. The molecule has 5 heteroatoms. The van der Waals surface area contributed by atoms with Crippen molar-refractivity contribution in [3.05, 3.63) is 68.9 Å². The third-order valence-electron chi connectivity index (χ3n) is 3.40. The van der Waals surface area contributed by atoms with E-state index in [1.165, 1.54) is 7.11 Å². The Labute approximate surface area is 120 Å². The van der Waals surface area contributed by atoms with Gasteiger partial charge in [0.1, 0.15) is 11.1 Å². The predicted molar refractivity (Wildman–Crippen MR) is 81.5 cm³/mol. The van der Waals surface area contributed by atoms with Crippen LogP contribution in [0.5, 0.6) is 5.75 Å². The molecule has 0 amide bonds. The van der Waals surface area contributed by atoms with E-state index in [1.807, 2.05) is 19.1 Å². The fourth-order valence-corrected chi connectivity index (χ4v) is 2.33. The van der Waals surface area contributed by atoms with Crippen LogP contribution >= 0.6 is 0 Å². The van der Waals surface area contributed by atoms with Gasteiger partial charge in [-0.2, -0.15) is 0 Å². The van der Waals surface area contributed by atoms with Gasteiger partial charge in [0.25, 0.3) is 5.56 Å². The average Bonchev–Trinajstić information content (AvgIpc) is 2.48. The van der Waals surface area contributed by atoms with Crippen molar-refractivity contribution in [1.82, 2.24) is 9.55 Å². The number of aromatic nitrogens is 2. The Kier molecular flexibility index (Phi) is 3.10. The van der Waals surface area contributed by atoms with Crippen LogP contribution in [0.2, 0.25) is 0 Å². The van der Waals surface area contributed by atoms with Crippen molar-refractivity contribution in [2.24, 2.45) is 0 Å². The predicted octanol–water partition coefficient (Wildman–Crippen LogP) is 2.00. The van der Waals surface area contributed by atoms with Crippen LogP contribution in [0.4, 0.5) is 0 Å². The number of H-pyrrole nitrogens is 1. The molecule has 0 saturated carbocycles. The third-order valence-corrected chi connectivity index (χ3v) is 3.40. The third kappa shape index (κ3) is 2.12. The highest BCUT2D eigenvalue weighted by atomic mass is 16.5. The van der Waals surface area contributed by atoms with Crippen LogP contribution in [0.1, 0.15) is 5.56 Å². The molecular formula is C16H14N2O3. The monoisotopic (exact) mass is 282 g/mol. The SMILES string of the molecule is COc1cccc2[nH]c(=O)n(-c3ccc(C)cc3)c(=O)c12. The largest absolute Gasteiger partial charge is 0.496 e. The number of ether oxygens (including phenoxy) is 1. The molecular weight excluding hydrogens is 268 g/mol. The van der Waals surface area contributed by atoms with Crippen LogP contribution in [0.25, 0.3) is 16.6 Å². The molecule has 3 aromatic rings. The van der Waals surface area contributed by atoms with Crippen LogP contribution < -0.4 is 16.0 Å². The normalized spacial score (nSPS) is 10.8. The summed E-state index contributed by atoms with van der Waals surface area (Å²) in [5.41, 5.74) is 1.19. The first kappa shape index (κ1) is 13.2. The highest BCUT2D eigenvalue weighted by Gasteiger charge is 2.12. The Morgan fingerprint density at radius 3 is 2.43 bits per heavy atom. The minimum atomic E-state index is -0.468. The average molecular weight is 282 g/mol. The summed E-state index contributed by atoms with van der Waals surface area (Å²) < 4.78 is 6.34. The molecule has 1 heterocycles. The Bertz CT molecular complexity index is 921. The molecule has 0 saturated heterocycles. The highest BCUT2D eigenvalue weighted by molar-refractivity contribution is 5.84. The second-order valence-corrected chi connectivity index (χ2v) is 4.79. The Morgan fingerprint density at radius 2 is 1.76 bits per heavy atom. The van der Waals surface area contributed by atoms with Crippen LogP contribution in [-0.4, -0.2) is 16.7 Å². The number of benzene rings is 2. The van der Waals surface area contributed by atoms with Crippen LogP contribution in [-0.2, 0) is 0 Å². The minimum Gasteiger partial charge on any atom is -0.496 e. The lowest BCUT2D eigenvalue weighted by atomic mass is 10.2. The van der Waals surface area contributed by atoms with Gasteiger partial charge in [-0.3, -0.25) is 4.79 Å². The second-order valence-electron chi connectivity index (χ2n) is 4.79. The van der Waals surface area contributed by atoms with E-state index in [1.54, 1.807) is 30.3 Å². The molecule has 0 fully saturated rings. The van der Waals surface area contributed by atoms with Gasteiger partial charge in [0.05, 0.1) is 18.3 Å².